The third-order valence-corrected chi connectivity index (χ3v) is 4.19. The SMILES string of the molecule is CCN1C(=O)CCCC(N)C1c1c(Cl)cccc1OC. The normalized spacial score (nSPS) is 23.6. The largest absolute Gasteiger partial charge is 0.496 e. The molecule has 0 aliphatic carbocycles. The molecule has 1 aliphatic heterocycles. The van der Waals surface area contributed by atoms with Crippen LogP contribution in [-0.2, 0) is 4.79 Å². The van der Waals surface area contributed by atoms with Crippen LogP contribution in [0.3, 0.4) is 0 Å². The maximum absolute atomic E-state index is 12.3. The number of methoxy groups -OCH3 is 1. The summed E-state index contributed by atoms with van der Waals surface area (Å²) in [6, 6.07) is 5.16. The second-order valence-electron chi connectivity index (χ2n) is 5.04. The van der Waals surface area contributed by atoms with Gasteiger partial charge < -0.3 is 15.4 Å². The van der Waals surface area contributed by atoms with Gasteiger partial charge in [0.25, 0.3) is 0 Å². The van der Waals surface area contributed by atoms with E-state index in [1.54, 1.807) is 7.11 Å². The lowest BCUT2D eigenvalue weighted by Gasteiger charge is -2.34. The fourth-order valence-corrected chi connectivity index (χ4v) is 3.18. The van der Waals surface area contributed by atoms with Gasteiger partial charge in [0, 0.05) is 29.6 Å². The van der Waals surface area contributed by atoms with Crippen LogP contribution in [0, 0.1) is 0 Å². The van der Waals surface area contributed by atoms with Gasteiger partial charge in [0.15, 0.2) is 0 Å². The Morgan fingerprint density at radius 2 is 2.25 bits per heavy atom. The Morgan fingerprint density at radius 1 is 1.50 bits per heavy atom. The number of hydrogen-bond acceptors (Lipinski definition) is 3. The highest BCUT2D eigenvalue weighted by atomic mass is 35.5. The lowest BCUT2D eigenvalue weighted by atomic mass is 9.95. The molecule has 1 aromatic rings. The molecule has 1 fully saturated rings. The van der Waals surface area contributed by atoms with E-state index in [0.717, 1.165) is 18.4 Å². The number of ether oxygens (including phenoxy) is 1. The van der Waals surface area contributed by atoms with Crippen molar-refractivity contribution in [3.05, 3.63) is 28.8 Å². The predicted octanol–water partition coefficient (Wildman–Crippen LogP) is 2.75. The number of benzene rings is 1. The fourth-order valence-electron chi connectivity index (χ4n) is 2.90. The number of carbonyl (C=O) groups excluding carboxylic acids is 1. The lowest BCUT2D eigenvalue weighted by molar-refractivity contribution is -0.133. The molecular weight excluding hydrogens is 276 g/mol. The Bertz CT molecular complexity index is 493. The highest BCUT2D eigenvalue weighted by molar-refractivity contribution is 6.31. The minimum atomic E-state index is -0.223. The van der Waals surface area contributed by atoms with Gasteiger partial charge >= 0.3 is 0 Å². The lowest BCUT2D eigenvalue weighted by Crippen LogP contribution is -2.42. The predicted molar refractivity (Wildman–Crippen MR) is 80.0 cm³/mol. The molecule has 0 aromatic heterocycles. The first-order valence-electron chi connectivity index (χ1n) is 6.97. The van der Waals surface area contributed by atoms with Crippen LogP contribution in [0.2, 0.25) is 5.02 Å². The molecule has 0 spiro atoms. The van der Waals surface area contributed by atoms with Crippen molar-refractivity contribution in [2.75, 3.05) is 13.7 Å². The molecule has 5 heteroatoms. The van der Waals surface area contributed by atoms with Gasteiger partial charge in [-0.15, -0.1) is 0 Å². The van der Waals surface area contributed by atoms with Gasteiger partial charge in [-0.2, -0.15) is 0 Å². The van der Waals surface area contributed by atoms with E-state index in [4.69, 9.17) is 22.1 Å². The van der Waals surface area contributed by atoms with Gasteiger partial charge in [-0.3, -0.25) is 4.79 Å². The number of hydrogen-bond donors (Lipinski definition) is 1. The minimum Gasteiger partial charge on any atom is -0.496 e. The second-order valence-corrected chi connectivity index (χ2v) is 5.44. The Labute approximate surface area is 124 Å². The molecule has 1 aromatic carbocycles. The Kier molecular flexibility index (Phi) is 4.89. The molecule has 2 N–H and O–H groups in total. The van der Waals surface area contributed by atoms with Crippen LogP contribution in [-0.4, -0.2) is 30.5 Å². The van der Waals surface area contributed by atoms with Gasteiger partial charge in [-0.1, -0.05) is 17.7 Å². The Morgan fingerprint density at radius 3 is 2.90 bits per heavy atom. The number of nitrogens with zero attached hydrogens (tertiary/aromatic N) is 1. The number of nitrogens with two attached hydrogens (primary N) is 1. The average Bonchev–Trinajstić information content (AvgIpc) is 2.57. The van der Waals surface area contributed by atoms with E-state index < -0.39 is 0 Å². The van der Waals surface area contributed by atoms with Crippen LogP contribution in [0.15, 0.2) is 18.2 Å². The number of likely N-dealkylation sites (tertiary alicyclic amines) is 1. The molecule has 1 heterocycles. The van der Waals surface area contributed by atoms with Crippen molar-refractivity contribution in [1.29, 1.82) is 0 Å². The zero-order chi connectivity index (χ0) is 14.7. The summed E-state index contributed by atoms with van der Waals surface area (Å²) in [6.45, 7) is 2.58. The van der Waals surface area contributed by atoms with E-state index in [9.17, 15) is 4.79 Å². The first-order chi connectivity index (χ1) is 9.60. The monoisotopic (exact) mass is 296 g/mol. The van der Waals surface area contributed by atoms with Crippen LogP contribution in [0.4, 0.5) is 0 Å². The molecule has 1 saturated heterocycles. The van der Waals surface area contributed by atoms with Gasteiger partial charge in [0.2, 0.25) is 5.91 Å². The van der Waals surface area contributed by atoms with Crippen LogP contribution >= 0.6 is 11.6 Å². The topological polar surface area (TPSA) is 55.6 Å². The van der Waals surface area contributed by atoms with Gasteiger partial charge in [0.1, 0.15) is 5.75 Å². The molecule has 0 saturated carbocycles. The summed E-state index contributed by atoms with van der Waals surface area (Å²) in [5.41, 5.74) is 7.14. The molecule has 2 unspecified atom stereocenters. The summed E-state index contributed by atoms with van der Waals surface area (Å²) in [7, 11) is 1.61. The molecule has 20 heavy (non-hydrogen) atoms. The molecular formula is C15H21ClN2O2. The molecule has 1 amide bonds. The molecule has 110 valence electrons. The third-order valence-electron chi connectivity index (χ3n) is 3.86. The molecule has 2 atom stereocenters. The molecule has 0 radical (unpaired) electrons. The zero-order valence-electron chi connectivity index (χ0n) is 11.9. The first-order valence-corrected chi connectivity index (χ1v) is 7.35. The minimum absolute atomic E-state index is 0.129. The van der Waals surface area contributed by atoms with Crippen molar-refractivity contribution in [2.24, 2.45) is 5.73 Å². The number of halogens is 1. The number of rotatable bonds is 3. The quantitative estimate of drug-likeness (QED) is 0.933. The van der Waals surface area contributed by atoms with Crippen LogP contribution in [0.25, 0.3) is 0 Å². The molecule has 2 rings (SSSR count). The smallest absolute Gasteiger partial charge is 0.223 e. The van der Waals surface area contributed by atoms with Crippen LogP contribution in [0.5, 0.6) is 5.75 Å². The van der Waals surface area contributed by atoms with E-state index in [-0.39, 0.29) is 18.0 Å². The van der Waals surface area contributed by atoms with Crippen LogP contribution < -0.4 is 10.5 Å². The van der Waals surface area contributed by atoms with Gasteiger partial charge in [-0.25, -0.2) is 0 Å². The van der Waals surface area contributed by atoms with Crippen molar-refractivity contribution in [3.63, 3.8) is 0 Å². The summed E-state index contributed by atoms with van der Waals surface area (Å²) in [4.78, 5) is 14.1. The Hall–Kier alpha value is -1.26. The summed E-state index contributed by atoms with van der Waals surface area (Å²) in [5.74, 6) is 0.818. The van der Waals surface area contributed by atoms with E-state index in [0.29, 0.717) is 23.7 Å². The van der Waals surface area contributed by atoms with E-state index >= 15 is 0 Å². The van der Waals surface area contributed by atoms with E-state index in [1.165, 1.54) is 0 Å². The molecule has 1 aliphatic rings. The zero-order valence-corrected chi connectivity index (χ0v) is 12.7. The van der Waals surface area contributed by atoms with E-state index in [1.807, 2.05) is 30.0 Å². The molecule has 0 bridgehead atoms. The van der Waals surface area contributed by atoms with Gasteiger partial charge in [0.05, 0.1) is 13.2 Å². The van der Waals surface area contributed by atoms with Crippen molar-refractivity contribution in [1.82, 2.24) is 4.90 Å². The second kappa shape index (κ2) is 6.46. The van der Waals surface area contributed by atoms with E-state index in [2.05, 4.69) is 0 Å². The van der Waals surface area contributed by atoms with Crippen molar-refractivity contribution < 1.29 is 9.53 Å². The third kappa shape index (κ3) is 2.76. The summed E-state index contributed by atoms with van der Waals surface area (Å²) in [5, 5.41) is 0.595. The highest BCUT2D eigenvalue weighted by Gasteiger charge is 2.34. The number of amides is 1. The average molecular weight is 297 g/mol. The maximum atomic E-state index is 12.3. The highest BCUT2D eigenvalue weighted by Crippen LogP contribution is 2.39. The van der Waals surface area contributed by atoms with Crippen molar-refractivity contribution in [3.8, 4) is 5.75 Å². The summed E-state index contributed by atoms with van der Waals surface area (Å²) >= 11 is 6.36. The van der Waals surface area contributed by atoms with Gasteiger partial charge in [-0.05, 0) is 31.9 Å². The standard InChI is InChI=1S/C15H21ClN2O2/c1-3-18-13(19)9-5-7-11(17)15(18)14-10(16)6-4-8-12(14)20-2/h4,6,8,11,15H,3,5,7,9,17H2,1-2H3. The maximum Gasteiger partial charge on any atom is 0.223 e. The van der Waals surface area contributed by atoms with Crippen molar-refractivity contribution >= 4 is 17.5 Å². The first kappa shape index (κ1) is 15.1. The fraction of sp³-hybridized carbons (Fsp3) is 0.533. The number of carbonyl (C=O) groups is 1. The van der Waals surface area contributed by atoms with Crippen molar-refractivity contribution in [2.45, 2.75) is 38.3 Å². The summed E-state index contributed by atoms with van der Waals surface area (Å²) < 4.78 is 5.42. The number of likely N-dealkylation sites (N-methyl/N-ethyl adjacent to an activating group) is 1. The molecule has 4 nitrogen and oxygen atoms in total. The van der Waals surface area contributed by atoms with Crippen LogP contribution in [0.1, 0.15) is 37.8 Å². The summed E-state index contributed by atoms with van der Waals surface area (Å²) in [6.07, 6.45) is 2.17. The Balaban J connectivity index is 2.53.